The highest BCUT2D eigenvalue weighted by Crippen LogP contribution is 2.23. The number of rotatable bonds is 4. The van der Waals surface area contributed by atoms with Crippen molar-refractivity contribution in [1.29, 1.82) is 0 Å². The summed E-state index contributed by atoms with van der Waals surface area (Å²) in [7, 11) is 0. The fraction of sp³-hybridized carbons (Fsp3) is 0.111. The number of aryl methyl sites for hydroxylation is 2. The standard InChI is InChI=1S/C18H14FN3O4/c1-11-6-7-13(9-16(11)22(24)25)18(23)26-17-8-12(2)20-21(17)15-5-3-4-14(19)10-15/h3-10H,1-2H3. The molecule has 0 saturated carbocycles. The molecule has 8 heteroatoms. The van der Waals surface area contributed by atoms with Crippen LogP contribution < -0.4 is 4.74 Å². The number of hydrogen-bond donors (Lipinski definition) is 0. The van der Waals surface area contributed by atoms with Gasteiger partial charge in [0.2, 0.25) is 5.88 Å². The van der Waals surface area contributed by atoms with Gasteiger partial charge in [-0.05, 0) is 38.1 Å². The van der Waals surface area contributed by atoms with Crippen LogP contribution in [-0.4, -0.2) is 20.7 Å². The number of esters is 1. The molecule has 0 fully saturated rings. The van der Waals surface area contributed by atoms with Gasteiger partial charge in [-0.25, -0.2) is 13.9 Å². The number of nitro groups is 1. The number of nitro benzene ring substituents is 1. The van der Waals surface area contributed by atoms with Crippen molar-refractivity contribution in [1.82, 2.24) is 9.78 Å². The van der Waals surface area contributed by atoms with Gasteiger partial charge in [-0.15, -0.1) is 0 Å². The van der Waals surface area contributed by atoms with Gasteiger partial charge in [0.25, 0.3) is 5.69 Å². The van der Waals surface area contributed by atoms with Gasteiger partial charge in [-0.2, -0.15) is 5.10 Å². The number of ether oxygens (including phenoxy) is 1. The van der Waals surface area contributed by atoms with E-state index in [0.717, 1.165) is 6.07 Å². The van der Waals surface area contributed by atoms with Gasteiger partial charge in [0.15, 0.2) is 0 Å². The van der Waals surface area contributed by atoms with Crippen molar-refractivity contribution in [3.63, 3.8) is 0 Å². The van der Waals surface area contributed by atoms with Crippen LogP contribution in [0.2, 0.25) is 0 Å². The highest BCUT2D eigenvalue weighted by Gasteiger charge is 2.19. The number of hydrogen-bond acceptors (Lipinski definition) is 5. The zero-order valence-electron chi connectivity index (χ0n) is 14.0. The molecule has 2 aromatic carbocycles. The van der Waals surface area contributed by atoms with E-state index in [0.29, 0.717) is 16.9 Å². The van der Waals surface area contributed by atoms with Gasteiger partial charge >= 0.3 is 5.97 Å². The molecule has 0 amide bonds. The van der Waals surface area contributed by atoms with Crippen LogP contribution in [-0.2, 0) is 0 Å². The highest BCUT2D eigenvalue weighted by molar-refractivity contribution is 5.91. The van der Waals surface area contributed by atoms with E-state index in [1.807, 2.05) is 0 Å². The van der Waals surface area contributed by atoms with Gasteiger partial charge in [-0.1, -0.05) is 12.1 Å². The van der Waals surface area contributed by atoms with Crippen LogP contribution >= 0.6 is 0 Å². The van der Waals surface area contributed by atoms with Crippen molar-refractivity contribution in [3.8, 4) is 11.6 Å². The third-order valence-corrected chi connectivity index (χ3v) is 3.69. The molecule has 0 atom stereocenters. The number of carbonyl (C=O) groups excluding carboxylic acids is 1. The van der Waals surface area contributed by atoms with E-state index in [4.69, 9.17) is 4.74 Å². The van der Waals surface area contributed by atoms with E-state index in [9.17, 15) is 19.3 Å². The zero-order valence-corrected chi connectivity index (χ0v) is 14.0. The van der Waals surface area contributed by atoms with Crippen LogP contribution in [0.1, 0.15) is 21.6 Å². The number of benzene rings is 2. The van der Waals surface area contributed by atoms with Crippen molar-refractivity contribution in [2.45, 2.75) is 13.8 Å². The molecule has 0 unspecified atom stereocenters. The van der Waals surface area contributed by atoms with Crippen LogP contribution in [0.15, 0.2) is 48.5 Å². The van der Waals surface area contributed by atoms with E-state index < -0.39 is 16.7 Å². The summed E-state index contributed by atoms with van der Waals surface area (Å²) in [6.07, 6.45) is 0. The fourth-order valence-corrected chi connectivity index (χ4v) is 2.43. The Balaban J connectivity index is 1.94. The Labute approximate surface area is 147 Å². The molecule has 26 heavy (non-hydrogen) atoms. The molecule has 3 rings (SSSR count). The molecule has 0 spiro atoms. The molecule has 0 saturated heterocycles. The van der Waals surface area contributed by atoms with Crippen LogP contribution in [0, 0.1) is 29.8 Å². The Hall–Kier alpha value is -3.55. The molecular weight excluding hydrogens is 341 g/mol. The molecule has 1 aromatic heterocycles. The van der Waals surface area contributed by atoms with Crippen molar-refractivity contribution >= 4 is 11.7 Å². The Bertz CT molecular complexity index is 1010. The molecule has 3 aromatic rings. The molecule has 132 valence electrons. The Kier molecular flexibility index (Phi) is 4.49. The molecule has 0 N–H and O–H groups in total. The summed E-state index contributed by atoms with van der Waals surface area (Å²) >= 11 is 0. The van der Waals surface area contributed by atoms with Crippen molar-refractivity contribution in [2.75, 3.05) is 0 Å². The molecule has 0 aliphatic rings. The minimum absolute atomic E-state index is 0.0342. The van der Waals surface area contributed by atoms with E-state index >= 15 is 0 Å². The van der Waals surface area contributed by atoms with Crippen molar-refractivity contribution in [2.24, 2.45) is 0 Å². The largest absolute Gasteiger partial charge is 0.404 e. The zero-order chi connectivity index (χ0) is 18.8. The first-order valence-corrected chi connectivity index (χ1v) is 7.65. The summed E-state index contributed by atoms with van der Waals surface area (Å²) in [5, 5.41) is 15.2. The predicted octanol–water partition coefficient (Wildman–Crippen LogP) is 3.76. The number of nitrogens with zero attached hydrogens (tertiary/aromatic N) is 3. The fourth-order valence-electron chi connectivity index (χ4n) is 2.43. The topological polar surface area (TPSA) is 87.3 Å². The minimum Gasteiger partial charge on any atom is -0.404 e. The maximum atomic E-state index is 13.5. The predicted molar refractivity (Wildman–Crippen MR) is 91.1 cm³/mol. The second-order valence-corrected chi connectivity index (χ2v) is 5.66. The first kappa shape index (κ1) is 17.3. The van der Waals surface area contributed by atoms with Gasteiger partial charge in [-0.3, -0.25) is 10.1 Å². The molecular formula is C18H14FN3O4. The third kappa shape index (κ3) is 3.44. The Morgan fingerprint density at radius 3 is 2.65 bits per heavy atom. The van der Waals surface area contributed by atoms with E-state index in [1.165, 1.54) is 41.1 Å². The molecule has 1 heterocycles. The average molecular weight is 355 g/mol. The van der Waals surface area contributed by atoms with E-state index in [1.54, 1.807) is 19.9 Å². The van der Waals surface area contributed by atoms with Crippen LogP contribution in [0.5, 0.6) is 5.88 Å². The van der Waals surface area contributed by atoms with Crippen molar-refractivity contribution in [3.05, 3.63) is 81.3 Å². The quantitative estimate of drug-likeness (QED) is 0.404. The Morgan fingerprint density at radius 1 is 1.19 bits per heavy atom. The van der Waals surface area contributed by atoms with Crippen LogP contribution in [0.25, 0.3) is 5.69 Å². The monoisotopic (exact) mass is 355 g/mol. The van der Waals surface area contributed by atoms with Gasteiger partial charge in [0.05, 0.1) is 21.9 Å². The maximum Gasteiger partial charge on any atom is 0.345 e. The number of halogens is 1. The average Bonchev–Trinajstić information content (AvgIpc) is 2.95. The summed E-state index contributed by atoms with van der Waals surface area (Å²) in [5.41, 5.74) is 1.25. The highest BCUT2D eigenvalue weighted by atomic mass is 19.1. The maximum absolute atomic E-state index is 13.5. The summed E-state index contributed by atoms with van der Waals surface area (Å²) in [5.74, 6) is -1.14. The van der Waals surface area contributed by atoms with E-state index in [-0.39, 0.29) is 17.1 Å². The minimum atomic E-state index is -0.773. The SMILES string of the molecule is Cc1cc(OC(=O)c2ccc(C)c([N+](=O)[O-])c2)n(-c2cccc(F)c2)n1. The lowest BCUT2D eigenvalue weighted by atomic mass is 10.1. The van der Waals surface area contributed by atoms with Crippen LogP contribution in [0.3, 0.4) is 0 Å². The van der Waals surface area contributed by atoms with Crippen molar-refractivity contribution < 1.29 is 18.8 Å². The van der Waals surface area contributed by atoms with Gasteiger partial charge in [0, 0.05) is 17.7 Å². The second-order valence-electron chi connectivity index (χ2n) is 5.66. The van der Waals surface area contributed by atoms with E-state index in [2.05, 4.69) is 5.10 Å². The normalized spacial score (nSPS) is 10.6. The number of aromatic nitrogens is 2. The lowest BCUT2D eigenvalue weighted by Gasteiger charge is -2.08. The first-order valence-electron chi connectivity index (χ1n) is 7.65. The van der Waals surface area contributed by atoms with Gasteiger partial charge < -0.3 is 4.74 Å². The Morgan fingerprint density at radius 2 is 1.96 bits per heavy atom. The number of carbonyl (C=O) groups is 1. The molecule has 0 aliphatic heterocycles. The van der Waals surface area contributed by atoms with Crippen LogP contribution in [0.4, 0.5) is 10.1 Å². The summed E-state index contributed by atoms with van der Waals surface area (Å²) < 4.78 is 20.1. The summed E-state index contributed by atoms with van der Waals surface area (Å²) in [6.45, 7) is 3.28. The molecule has 0 radical (unpaired) electrons. The second kappa shape index (κ2) is 6.75. The molecule has 0 bridgehead atoms. The third-order valence-electron chi connectivity index (χ3n) is 3.69. The lowest BCUT2D eigenvalue weighted by molar-refractivity contribution is -0.385. The molecule has 0 aliphatic carbocycles. The van der Waals surface area contributed by atoms with Gasteiger partial charge in [0.1, 0.15) is 5.82 Å². The smallest absolute Gasteiger partial charge is 0.345 e. The summed E-state index contributed by atoms with van der Waals surface area (Å²) in [6, 6.07) is 11.3. The summed E-state index contributed by atoms with van der Waals surface area (Å²) in [4.78, 5) is 22.9. The lowest BCUT2D eigenvalue weighted by Crippen LogP contribution is -2.12. The first-order chi connectivity index (χ1) is 12.3. The molecule has 7 nitrogen and oxygen atoms in total.